The fourth-order valence-corrected chi connectivity index (χ4v) is 3.85. The molecular weight excluding hydrogens is 424 g/mol. The Labute approximate surface area is 192 Å². The zero-order valence-corrected chi connectivity index (χ0v) is 19.1. The summed E-state index contributed by atoms with van der Waals surface area (Å²) in [6.45, 7) is 5.83. The minimum atomic E-state index is -0.440. The van der Waals surface area contributed by atoms with Gasteiger partial charge in [0.15, 0.2) is 0 Å². The molecule has 0 unspecified atom stereocenters. The number of anilines is 2. The Morgan fingerprint density at radius 3 is 2.19 bits per heavy atom. The topological polar surface area (TPSA) is 58.6 Å². The van der Waals surface area contributed by atoms with E-state index in [1.165, 1.54) is 12.0 Å². The molecule has 5 nitrogen and oxygen atoms in total. The summed E-state index contributed by atoms with van der Waals surface area (Å²) in [6.07, 6.45) is 0. The van der Waals surface area contributed by atoms with E-state index < -0.39 is 11.8 Å². The van der Waals surface area contributed by atoms with Crippen molar-refractivity contribution in [3.8, 4) is 5.75 Å². The minimum absolute atomic E-state index is 0.217. The number of imide groups is 1. The second-order valence-corrected chi connectivity index (χ2v) is 8.26. The zero-order valence-electron chi connectivity index (χ0n) is 18.3. The molecule has 0 atom stereocenters. The first-order chi connectivity index (χ1) is 15.3. The number of aryl methyl sites for hydroxylation is 3. The molecule has 1 N–H and O–H groups in total. The number of benzene rings is 3. The van der Waals surface area contributed by atoms with Gasteiger partial charge in [0.05, 0.1) is 18.4 Å². The number of nitrogens with zero attached hydrogens (tertiary/aromatic N) is 1. The van der Waals surface area contributed by atoms with Crippen LogP contribution in [-0.2, 0) is 9.59 Å². The molecule has 0 aliphatic carbocycles. The molecule has 0 aromatic heterocycles. The van der Waals surface area contributed by atoms with E-state index in [-0.39, 0.29) is 11.3 Å². The Hall–Kier alpha value is -3.57. The van der Waals surface area contributed by atoms with E-state index in [2.05, 4.69) is 5.32 Å². The third kappa shape index (κ3) is 3.87. The summed E-state index contributed by atoms with van der Waals surface area (Å²) in [5, 5.41) is 3.79. The van der Waals surface area contributed by atoms with E-state index in [1.54, 1.807) is 36.4 Å². The molecule has 1 aliphatic heterocycles. The molecule has 4 rings (SSSR count). The van der Waals surface area contributed by atoms with Crippen molar-refractivity contribution in [2.45, 2.75) is 20.8 Å². The summed E-state index contributed by atoms with van der Waals surface area (Å²) in [4.78, 5) is 28.5. The molecule has 2 amide bonds. The molecule has 32 heavy (non-hydrogen) atoms. The third-order valence-electron chi connectivity index (χ3n) is 5.44. The number of hydrogen-bond acceptors (Lipinski definition) is 4. The number of amides is 2. The van der Waals surface area contributed by atoms with Crippen molar-refractivity contribution < 1.29 is 14.3 Å². The van der Waals surface area contributed by atoms with Crippen LogP contribution < -0.4 is 15.0 Å². The molecule has 1 heterocycles. The van der Waals surface area contributed by atoms with Crippen LogP contribution in [0.25, 0.3) is 5.57 Å². The highest BCUT2D eigenvalue weighted by atomic mass is 35.5. The first kappa shape index (κ1) is 21.7. The Bertz CT molecular complexity index is 1260. The number of halogens is 1. The lowest BCUT2D eigenvalue weighted by atomic mass is 10.0. The van der Waals surface area contributed by atoms with Gasteiger partial charge in [-0.3, -0.25) is 9.59 Å². The van der Waals surface area contributed by atoms with Crippen LogP contribution in [0.15, 0.2) is 66.4 Å². The third-order valence-corrected chi connectivity index (χ3v) is 5.70. The number of carbonyl (C=O) groups excluding carboxylic acids is 2. The van der Waals surface area contributed by atoms with Gasteiger partial charge in [0, 0.05) is 10.7 Å². The van der Waals surface area contributed by atoms with Crippen LogP contribution >= 0.6 is 11.6 Å². The van der Waals surface area contributed by atoms with E-state index >= 15 is 0 Å². The van der Waals surface area contributed by atoms with Crippen molar-refractivity contribution in [1.82, 2.24) is 0 Å². The second-order valence-electron chi connectivity index (χ2n) is 7.82. The molecule has 0 saturated carbocycles. The van der Waals surface area contributed by atoms with Crippen molar-refractivity contribution in [1.29, 1.82) is 0 Å². The zero-order chi connectivity index (χ0) is 23.0. The predicted octanol–water partition coefficient (Wildman–Crippen LogP) is 5.67. The molecule has 6 heteroatoms. The SMILES string of the molecule is COc1ccc(C)cc1N1C(=O)C(Nc2cc(C)ccc2C)=C(c2ccc(Cl)cc2)C1=O. The van der Waals surface area contributed by atoms with Crippen LogP contribution in [0.3, 0.4) is 0 Å². The smallest absolute Gasteiger partial charge is 0.282 e. The summed E-state index contributed by atoms with van der Waals surface area (Å²) in [5.41, 5.74) is 5.20. The molecule has 0 bridgehead atoms. The van der Waals surface area contributed by atoms with E-state index in [1.807, 2.05) is 45.0 Å². The van der Waals surface area contributed by atoms with Crippen LogP contribution in [0.1, 0.15) is 22.3 Å². The highest BCUT2D eigenvalue weighted by molar-refractivity contribution is 6.46. The van der Waals surface area contributed by atoms with Crippen molar-refractivity contribution in [3.05, 3.63) is 93.6 Å². The summed E-state index contributed by atoms with van der Waals surface area (Å²) in [5.74, 6) is -0.417. The van der Waals surface area contributed by atoms with Gasteiger partial charge in [0.1, 0.15) is 11.4 Å². The lowest BCUT2D eigenvalue weighted by Gasteiger charge is -2.19. The van der Waals surface area contributed by atoms with Crippen LogP contribution in [0.2, 0.25) is 5.02 Å². The number of hydrogen-bond donors (Lipinski definition) is 1. The van der Waals surface area contributed by atoms with Crippen LogP contribution in [0.5, 0.6) is 5.75 Å². The van der Waals surface area contributed by atoms with Gasteiger partial charge in [-0.15, -0.1) is 0 Å². The van der Waals surface area contributed by atoms with Gasteiger partial charge in [-0.1, -0.05) is 41.9 Å². The Morgan fingerprint density at radius 2 is 1.50 bits per heavy atom. The summed E-state index contributed by atoms with van der Waals surface area (Å²) >= 11 is 6.06. The maximum absolute atomic E-state index is 13.7. The van der Waals surface area contributed by atoms with Gasteiger partial charge in [0.25, 0.3) is 11.8 Å². The number of methoxy groups -OCH3 is 1. The van der Waals surface area contributed by atoms with Gasteiger partial charge in [0.2, 0.25) is 0 Å². The van der Waals surface area contributed by atoms with Crippen molar-refractivity contribution in [2.24, 2.45) is 0 Å². The molecule has 3 aromatic rings. The monoisotopic (exact) mass is 446 g/mol. The molecule has 3 aromatic carbocycles. The summed E-state index contributed by atoms with van der Waals surface area (Å²) < 4.78 is 5.45. The van der Waals surface area contributed by atoms with E-state index in [4.69, 9.17) is 16.3 Å². The van der Waals surface area contributed by atoms with Crippen LogP contribution in [0.4, 0.5) is 11.4 Å². The largest absolute Gasteiger partial charge is 0.495 e. The number of nitrogens with one attached hydrogen (secondary N) is 1. The Kier molecular flexibility index (Phi) is 5.76. The molecule has 0 spiro atoms. The number of ether oxygens (including phenoxy) is 1. The van der Waals surface area contributed by atoms with Gasteiger partial charge in [-0.05, 0) is 73.4 Å². The standard InChI is InChI=1S/C26H23ClN2O3/c1-15-5-7-17(3)20(13-15)28-24-23(18-8-10-19(27)11-9-18)25(30)29(26(24)31)21-14-16(2)6-12-22(21)32-4/h5-14,28H,1-4H3. The molecule has 0 saturated heterocycles. The highest BCUT2D eigenvalue weighted by Crippen LogP contribution is 2.38. The lowest BCUT2D eigenvalue weighted by molar-refractivity contribution is -0.120. The second kappa shape index (κ2) is 8.52. The van der Waals surface area contributed by atoms with Crippen molar-refractivity contribution in [2.75, 3.05) is 17.3 Å². The van der Waals surface area contributed by atoms with Crippen LogP contribution in [0, 0.1) is 20.8 Å². The number of carbonyl (C=O) groups is 2. The average Bonchev–Trinajstić information content (AvgIpc) is 3.00. The highest BCUT2D eigenvalue weighted by Gasteiger charge is 2.41. The van der Waals surface area contributed by atoms with Crippen molar-refractivity contribution >= 4 is 40.4 Å². The van der Waals surface area contributed by atoms with Gasteiger partial charge in [-0.2, -0.15) is 0 Å². The summed E-state index contributed by atoms with van der Waals surface area (Å²) in [7, 11) is 1.52. The Balaban J connectivity index is 1.88. The first-order valence-electron chi connectivity index (χ1n) is 10.2. The normalized spacial score (nSPS) is 13.7. The Morgan fingerprint density at radius 1 is 0.844 bits per heavy atom. The van der Waals surface area contributed by atoms with E-state index in [0.717, 1.165) is 22.4 Å². The van der Waals surface area contributed by atoms with Crippen LogP contribution in [-0.4, -0.2) is 18.9 Å². The van der Waals surface area contributed by atoms with Crippen molar-refractivity contribution in [3.63, 3.8) is 0 Å². The van der Waals surface area contributed by atoms with Gasteiger partial charge in [-0.25, -0.2) is 4.90 Å². The molecule has 162 valence electrons. The summed E-state index contributed by atoms with van der Waals surface area (Å²) in [6, 6.07) is 18.2. The minimum Gasteiger partial charge on any atom is -0.495 e. The predicted molar refractivity (Wildman–Crippen MR) is 128 cm³/mol. The fourth-order valence-electron chi connectivity index (χ4n) is 3.73. The maximum atomic E-state index is 13.7. The molecule has 1 aliphatic rings. The molecule has 0 radical (unpaired) electrons. The number of rotatable bonds is 5. The van der Waals surface area contributed by atoms with E-state index in [9.17, 15) is 9.59 Å². The first-order valence-corrected chi connectivity index (χ1v) is 10.6. The molecule has 0 fully saturated rings. The fraction of sp³-hybridized carbons (Fsp3) is 0.154. The lowest BCUT2D eigenvalue weighted by Crippen LogP contribution is -2.32. The van der Waals surface area contributed by atoms with E-state index in [0.29, 0.717) is 22.0 Å². The maximum Gasteiger partial charge on any atom is 0.282 e. The average molecular weight is 447 g/mol. The van der Waals surface area contributed by atoms with Gasteiger partial charge < -0.3 is 10.1 Å². The quantitative estimate of drug-likeness (QED) is 0.513. The molecular formula is C26H23ClN2O3. The van der Waals surface area contributed by atoms with Gasteiger partial charge >= 0.3 is 0 Å².